The molecule has 1 aromatic carbocycles. The zero-order chi connectivity index (χ0) is 12.4. The zero-order valence-electron chi connectivity index (χ0n) is 10.1. The second-order valence-corrected chi connectivity index (χ2v) is 5.23. The average molecular weight is 274 g/mol. The lowest BCUT2D eigenvalue weighted by molar-refractivity contribution is 0.0344. The van der Waals surface area contributed by atoms with Gasteiger partial charge in [0.15, 0.2) is 0 Å². The predicted octanol–water partition coefficient (Wildman–Crippen LogP) is 3.69. The molecule has 0 N–H and O–H groups in total. The largest absolute Gasteiger partial charge is 0.375 e. The first kappa shape index (κ1) is 13.0. The van der Waals surface area contributed by atoms with Crippen LogP contribution in [0.25, 0.3) is 0 Å². The van der Waals surface area contributed by atoms with Gasteiger partial charge < -0.3 is 9.64 Å². The summed E-state index contributed by atoms with van der Waals surface area (Å²) in [6, 6.07) is 6.45. The zero-order valence-corrected chi connectivity index (χ0v) is 11.6. The first-order chi connectivity index (χ1) is 8.11. The summed E-state index contributed by atoms with van der Waals surface area (Å²) >= 11 is 12.0. The van der Waals surface area contributed by atoms with E-state index in [9.17, 15) is 0 Å². The molecule has 17 heavy (non-hydrogen) atoms. The molecule has 2 atom stereocenters. The number of hydrogen-bond donors (Lipinski definition) is 0. The summed E-state index contributed by atoms with van der Waals surface area (Å²) < 4.78 is 5.62. The minimum Gasteiger partial charge on any atom is -0.375 e. The number of halogens is 2. The molecule has 4 heteroatoms. The summed E-state index contributed by atoms with van der Waals surface area (Å²) in [4.78, 5) is 2.33. The maximum atomic E-state index is 6.19. The molecular weight excluding hydrogens is 257 g/mol. The van der Waals surface area contributed by atoms with Crippen molar-refractivity contribution in [3.8, 4) is 0 Å². The Kier molecular flexibility index (Phi) is 4.18. The van der Waals surface area contributed by atoms with Crippen LogP contribution < -0.4 is 4.90 Å². The van der Waals surface area contributed by atoms with Crippen LogP contribution in [0.4, 0.5) is 5.69 Å². The van der Waals surface area contributed by atoms with Gasteiger partial charge in [-0.15, -0.1) is 11.6 Å². The molecule has 1 heterocycles. The molecule has 0 amide bonds. The lowest BCUT2D eigenvalue weighted by Crippen LogP contribution is -2.47. The van der Waals surface area contributed by atoms with Gasteiger partial charge in [-0.2, -0.15) is 0 Å². The van der Waals surface area contributed by atoms with E-state index in [1.165, 1.54) is 0 Å². The van der Waals surface area contributed by atoms with Crippen molar-refractivity contribution in [1.29, 1.82) is 0 Å². The molecule has 0 radical (unpaired) electrons. The highest BCUT2D eigenvalue weighted by atomic mass is 35.5. The van der Waals surface area contributed by atoms with Gasteiger partial charge in [0.1, 0.15) is 0 Å². The van der Waals surface area contributed by atoms with Gasteiger partial charge in [0.05, 0.1) is 12.7 Å². The van der Waals surface area contributed by atoms with Crippen molar-refractivity contribution in [3.05, 3.63) is 28.8 Å². The number of hydrogen-bond acceptors (Lipinski definition) is 2. The number of anilines is 1. The topological polar surface area (TPSA) is 12.5 Å². The van der Waals surface area contributed by atoms with Crippen molar-refractivity contribution >= 4 is 28.9 Å². The van der Waals surface area contributed by atoms with Crippen LogP contribution in [-0.4, -0.2) is 25.3 Å². The quantitative estimate of drug-likeness (QED) is 0.762. The molecule has 2 unspecified atom stereocenters. The minimum absolute atomic E-state index is 0.262. The van der Waals surface area contributed by atoms with Crippen LogP contribution in [0.5, 0.6) is 0 Å². The highest BCUT2D eigenvalue weighted by molar-refractivity contribution is 6.32. The molecule has 1 aromatic rings. The minimum atomic E-state index is 0.262. The van der Waals surface area contributed by atoms with Crippen LogP contribution in [0.1, 0.15) is 19.4 Å². The van der Waals surface area contributed by atoms with Crippen molar-refractivity contribution in [2.24, 2.45) is 0 Å². The first-order valence-corrected chi connectivity index (χ1v) is 6.75. The number of rotatable bonds is 2. The van der Waals surface area contributed by atoms with Gasteiger partial charge in [-0.25, -0.2) is 0 Å². The molecule has 94 valence electrons. The molecule has 2 rings (SSSR count). The molecule has 2 nitrogen and oxygen atoms in total. The Hall–Kier alpha value is -0.440. The lowest BCUT2D eigenvalue weighted by Gasteiger charge is -2.38. The lowest BCUT2D eigenvalue weighted by atomic mass is 10.1. The van der Waals surface area contributed by atoms with Gasteiger partial charge in [0.25, 0.3) is 0 Å². The van der Waals surface area contributed by atoms with Crippen molar-refractivity contribution < 1.29 is 4.74 Å². The number of nitrogens with zero attached hydrogens (tertiary/aromatic N) is 1. The van der Waals surface area contributed by atoms with Crippen LogP contribution in [0.2, 0.25) is 5.02 Å². The molecule has 0 aromatic heterocycles. The smallest absolute Gasteiger partial charge is 0.0723 e. The SMILES string of the molecule is CC1CN(c2ccc(CCl)c(Cl)c2)C(C)CO1. The fraction of sp³-hybridized carbons (Fsp3) is 0.538. The van der Waals surface area contributed by atoms with Crippen LogP contribution in [0.15, 0.2) is 18.2 Å². The molecule has 0 spiro atoms. The van der Waals surface area contributed by atoms with Crippen molar-refractivity contribution in [3.63, 3.8) is 0 Å². The maximum Gasteiger partial charge on any atom is 0.0723 e. The number of morpholine rings is 1. The van der Waals surface area contributed by atoms with E-state index in [0.29, 0.717) is 11.9 Å². The van der Waals surface area contributed by atoms with Crippen molar-refractivity contribution in [1.82, 2.24) is 0 Å². The summed E-state index contributed by atoms with van der Waals surface area (Å²) in [7, 11) is 0. The van der Waals surface area contributed by atoms with Gasteiger partial charge in [0, 0.05) is 29.2 Å². The van der Waals surface area contributed by atoms with Crippen LogP contribution >= 0.6 is 23.2 Å². The van der Waals surface area contributed by atoms with Gasteiger partial charge in [0.2, 0.25) is 0 Å². The van der Waals surface area contributed by atoms with Crippen LogP contribution in [-0.2, 0) is 10.6 Å². The molecule has 1 fully saturated rings. The van der Waals surface area contributed by atoms with E-state index < -0.39 is 0 Å². The molecule has 1 saturated heterocycles. The van der Waals surface area contributed by atoms with Gasteiger partial charge in [-0.1, -0.05) is 17.7 Å². The van der Waals surface area contributed by atoms with Gasteiger partial charge in [-0.3, -0.25) is 0 Å². The van der Waals surface area contributed by atoms with E-state index >= 15 is 0 Å². The number of ether oxygens (including phenoxy) is 1. The Morgan fingerprint density at radius 2 is 2.18 bits per heavy atom. The average Bonchev–Trinajstić information content (AvgIpc) is 2.32. The Balaban J connectivity index is 2.23. The van der Waals surface area contributed by atoms with E-state index in [2.05, 4.69) is 24.8 Å². The fourth-order valence-corrected chi connectivity index (χ4v) is 2.63. The molecule has 0 bridgehead atoms. The van der Waals surface area contributed by atoms with Crippen LogP contribution in [0.3, 0.4) is 0 Å². The summed E-state index contributed by atoms with van der Waals surface area (Å²) in [6.45, 7) is 5.91. The molecule has 0 saturated carbocycles. The number of alkyl halides is 1. The highest BCUT2D eigenvalue weighted by Crippen LogP contribution is 2.27. The highest BCUT2D eigenvalue weighted by Gasteiger charge is 2.23. The van der Waals surface area contributed by atoms with E-state index in [1.54, 1.807) is 0 Å². The Bertz CT molecular complexity index is 397. The summed E-state index contributed by atoms with van der Waals surface area (Å²) in [6.07, 6.45) is 0.262. The third-order valence-corrected chi connectivity index (χ3v) is 3.76. The molecule has 1 aliphatic rings. The summed E-state index contributed by atoms with van der Waals surface area (Å²) in [5, 5.41) is 0.740. The maximum absolute atomic E-state index is 6.19. The number of benzene rings is 1. The normalized spacial score (nSPS) is 25.1. The molecular formula is C13H17Cl2NO. The monoisotopic (exact) mass is 273 g/mol. The predicted molar refractivity (Wildman–Crippen MR) is 73.2 cm³/mol. The van der Waals surface area contributed by atoms with E-state index in [0.717, 1.165) is 29.4 Å². The van der Waals surface area contributed by atoms with Crippen LogP contribution in [0, 0.1) is 0 Å². The van der Waals surface area contributed by atoms with E-state index in [4.69, 9.17) is 27.9 Å². The van der Waals surface area contributed by atoms with Gasteiger partial charge >= 0.3 is 0 Å². The Morgan fingerprint density at radius 3 is 2.82 bits per heavy atom. The third kappa shape index (κ3) is 2.87. The Morgan fingerprint density at radius 1 is 1.41 bits per heavy atom. The van der Waals surface area contributed by atoms with E-state index in [1.807, 2.05) is 12.1 Å². The first-order valence-electron chi connectivity index (χ1n) is 5.84. The second kappa shape index (κ2) is 5.47. The molecule has 1 aliphatic heterocycles. The standard InChI is InChI=1S/C13H17Cl2NO/c1-9-8-17-10(2)7-16(9)12-4-3-11(6-14)13(15)5-12/h3-5,9-10H,6-8H2,1-2H3. The van der Waals surface area contributed by atoms with Gasteiger partial charge in [-0.05, 0) is 31.5 Å². The van der Waals surface area contributed by atoms with Crippen molar-refractivity contribution in [2.45, 2.75) is 31.9 Å². The fourth-order valence-electron chi connectivity index (χ4n) is 2.09. The third-order valence-electron chi connectivity index (χ3n) is 3.12. The Labute approximate surface area is 112 Å². The summed E-state index contributed by atoms with van der Waals surface area (Å²) in [5.41, 5.74) is 2.12. The van der Waals surface area contributed by atoms with Crippen molar-refractivity contribution in [2.75, 3.05) is 18.1 Å². The van der Waals surface area contributed by atoms with E-state index in [-0.39, 0.29) is 6.10 Å². The second-order valence-electron chi connectivity index (χ2n) is 4.55. The summed E-state index contributed by atoms with van der Waals surface area (Å²) in [5.74, 6) is 0.453. The molecule has 0 aliphatic carbocycles.